The van der Waals surface area contributed by atoms with E-state index in [1.807, 2.05) is 0 Å². The van der Waals surface area contributed by atoms with Gasteiger partial charge in [-0.05, 0) is 12.1 Å². The van der Waals surface area contributed by atoms with E-state index in [2.05, 4.69) is 4.98 Å². The van der Waals surface area contributed by atoms with Gasteiger partial charge in [-0.3, -0.25) is 0 Å². The molecule has 0 amide bonds. The number of sulfone groups is 1. The zero-order valence-corrected chi connectivity index (χ0v) is 12.1. The van der Waals surface area contributed by atoms with Crippen LogP contribution in [0.4, 0.5) is 14.7 Å². The number of nitrogens with zero attached hydrogens (tertiary/aromatic N) is 2. The second kappa shape index (κ2) is 5.94. The van der Waals surface area contributed by atoms with Gasteiger partial charge in [-0.2, -0.15) is 0 Å². The minimum absolute atomic E-state index is 0.0309. The third-order valence-corrected chi connectivity index (χ3v) is 4.00. The average Bonchev–Trinajstić information content (AvgIpc) is 2.69. The first-order valence-corrected chi connectivity index (χ1v) is 8.00. The molecule has 0 aliphatic heterocycles. The number of para-hydroxylation sites is 1. The van der Waals surface area contributed by atoms with Crippen molar-refractivity contribution in [2.24, 2.45) is 0 Å². The molecule has 0 unspecified atom stereocenters. The van der Waals surface area contributed by atoms with Gasteiger partial charge in [-0.25, -0.2) is 22.2 Å². The topological polar surface area (TPSA) is 87.2 Å². The van der Waals surface area contributed by atoms with Gasteiger partial charge in [0.05, 0.1) is 17.0 Å². The molecule has 0 radical (unpaired) electrons. The Morgan fingerprint density at radius 3 is 2.76 bits per heavy atom. The summed E-state index contributed by atoms with van der Waals surface area (Å²) in [5.74, 6) is 0.113. The van der Waals surface area contributed by atoms with Crippen LogP contribution in [-0.4, -0.2) is 43.9 Å². The maximum absolute atomic E-state index is 12.0. The third kappa shape index (κ3) is 3.48. The quantitative estimate of drug-likeness (QED) is 0.811. The largest absolute Gasteiger partial charge is 0.374 e. The van der Waals surface area contributed by atoms with E-state index in [0.29, 0.717) is 5.52 Å². The molecule has 116 valence electrons. The van der Waals surface area contributed by atoms with Crippen LogP contribution in [0.15, 0.2) is 23.1 Å². The van der Waals surface area contributed by atoms with Crippen LogP contribution < -0.4 is 5.73 Å². The molecule has 0 aliphatic carbocycles. The molecular formula is C12H15F2N3O3S. The number of benzene rings is 1. The average molecular weight is 319 g/mol. The maximum atomic E-state index is 12.0. The van der Waals surface area contributed by atoms with Crippen molar-refractivity contribution in [2.45, 2.75) is 17.9 Å². The number of aromatic nitrogens is 2. The Kier molecular flexibility index (Phi) is 4.43. The molecule has 1 heterocycles. The highest BCUT2D eigenvalue weighted by atomic mass is 32.2. The van der Waals surface area contributed by atoms with Crippen LogP contribution in [0.3, 0.4) is 0 Å². The molecule has 0 saturated carbocycles. The van der Waals surface area contributed by atoms with Gasteiger partial charge in [0.2, 0.25) is 5.95 Å². The lowest BCUT2D eigenvalue weighted by atomic mass is 10.3. The molecule has 0 saturated heterocycles. The fourth-order valence-corrected chi connectivity index (χ4v) is 2.83. The van der Waals surface area contributed by atoms with Gasteiger partial charge < -0.3 is 15.0 Å². The van der Waals surface area contributed by atoms with Gasteiger partial charge in [-0.15, -0.1) is 0 Å². The van der Waals surface area contributed by atoms with E-state index < -0.39 is 22.9 Å². The molecule has 0 spiro atoms. The summed E-state index contributed by atoms with van der Waals surface area (Å²) in [5, 5.41) is 0. The third-order valence-electron chi connectivity index (χ3n) is 2.87. The highest BCUT2D eigenvalue weighted by molar-refractivity contribution is 7.91. The molecule has 0 fully saturated rings. The van der Waals surface area contributed by atoms with Crippen molar-refractivity contribution < 1.29 is 21.9 Å². The van der Waals surface area contributed by atoms with Crippen LogP contribution in [0, 0.1) is 0 Å². The lowest BCUT2D eigenvalue weighted by Crippen LogP contribution is -2.12. The van der Waals surface area contributed by atoms with Crippen molar-refractivity contribution in [1.82, 2.24) is 9.55 Å². The number of halogens is 2. The van der Waals surface area contributed by atoms with Gasteiger partial charge in [0.15, 0.2) is 9.84 Å². The predicted octanol–water partition coefficient (Wildman–Crippen LogP) is 1.30. The molecule has 2 aromatic rings. The SMILES string of the molecule is CS(=O)(=O)c1cccc2c1nc(N)n2CCOCC(F)F. The van der Waals surface area contributed by atoms with E-state index in [1.165, 1.54) is 10.6 Å². The molecule has 0 atom stereocenters. The zero-order chi connectivity index (χ0) is 15.6. The summed E-state index contributed by atoms with van der Waals surface area (Å²) in [5.41, 5.74) is 6.55. The summed E-state index contributed by atoms with van der Waals surface area (Å²) in [6, 6.07) is 4.69. The Hall–Kier alpha value is -1.74. The Bertz CT molecular complexity index is 744. The van der Waals surface area contributed by atoms with E-state index in [9.17, 15) is 17.2 Å². The Balaban J connectivity index is 2.31. The minimum Gasteiger partial charge on any atom is -0.374 e. The molecule has 2 rings (SSSR count). The van der Waals surface area contributed by atoms with Gasteiger partial charge in [0.1, 0.15) is 12.1 Å². The van der Waals surface area contributed by atoms with Crippen LogP contribution in [0.5, 0.6) is 0 Å². The molecule has 1 aromatic carbocycles. The summed E-state index contributed by atoms with van der Waals surface area (Å²) in [7, 11) is -3.43. The number of nitrogen functional groups attached to an aromatic ring is 1. The van der Waals surface area contributed by atoms with E-state index in [1.54, 1.807) is 12.1 Å². The van der Waals surface area contributed by atoms with E-state index in [-0.39, 0.29) is 29.5 Å². The number of anilines is 1. The summed E-state index contributed by atoms with van der Waals surface area (Å²) in [6.07, 6.45) is -1.44. The van der Waals surface area contributed by atoms with Crippen LogP contribution in [-0.2, 0) is 21.1 Å². The number of hydrogen-bond donors (Lipinski definition) is 1. The number of fused-ring (bicyclic) bond motifs is 1. The van der Waals surface area contributed by atoms with Crippen molar-refractivity contribution in [3.8, 4) is 0 Å². The van der Waals surface area contributed by atoms with Gasteiger partial charge in [0.25, 0.3) is 6.43 Å². The van der Waals surface area contributed by atoms with Crippen LogP contribution in [0.1, 0.15) is 0 Å². The summed E-state index contributed by atoms with van der Waals surface area (Å²) >= 11 is 0. The number of alkyl halides is 2. The molecule has 0 aliphatic rings. The highest BCUT2D eigenvalue weighted by Crippen LogP contribution is 2.24. The Labute approximate surface area is 120 Å². The molecule has 1 aromatic heterocycles. The number of imidazole rings is 1. The summed E-state index contributed by atoms with van der Waals surface area (Å²) in [6.45, 7) is -0.410. The first kappa shape index (κ1) is 15.6. The highest BCUT2D eigenvalue weighted by Gasteiger charge is 2.17. The molecular weight excluding hydrogens is 304 g/mol. The fraction of sp³-hybridized carbons (Fsp3) is 0.417. The van der Waals surface area contributed by atoms with Crippen LogP contribution in [0.2, 0.25) is 0 Å². The number of ether oxygens (including phenoxy) is 1. The van der Waals surface area contributed by atoms with Crippen LogP contribution >= 0.6 is 0 Å². The van der Waals surface area contributed by atoms with E-state index in [4.69, 9.17) is 10.5 Å². The molecule has 6 nitrogen and oxygen atoms in total. The van der Waals surface area contributed by atoms with Gasteiger partial charge in [-0.1, -0.05) is 6.07 Å². The fourth-order valence-electron chi connectivity index (χ4n) is 2.00. The smallest absolute Gasteiger partial charge is 0.261 e. The van der Waals surface area contributed by atoms with Crippen molar-refractivity contribution >= 4 is 26.8 Å². The van der Waals surface area contributed by atoms with Crippen molar-refractivity contribution in [3.63, 3.8) is 0 Å². The summed E-state index contributed by atoms with van der Waals surface area (Å²) in [4.78, 5) is 4.13. The number of hydrogen-bond acceptors (Lipinski definition) is 5. The van der Waals surface area contributed by atoms with Crippen molar-refractivity contribution in [1.29, 1.82) is 0 Å². The molecule has 0 bridgehead atoms. The second-order valence-corrected chi connectivity index (χ2v) is 6.47. The Morgan fingerprint density at radius 2 is 2.14 bits per heavy atom. The first-order valence-electron chi connectivity index (χ1n) is 6.11. The normalized spacial score (nSPS) is 12.4. The van der Waals surface area contributed by atoms with Gasteiger partial charge >= 0.3 is 0 Å². The Morgan fingerprint density at radius 1 is 1.43 bits per heavy atom. The zero-order valence-electron chi connectivity index (χ0n) is 11.3. The molecule has 2 N–H and O–H groups in total. The number of nitrogens with two attached hydrogens (primary N) is 1. The van der Waals surface area contributed by atoms with Crippen molar-refractivity contribution in [2.75, 3.05) is 25.2 Å². The lowest BCUT2D eigenvalue weighted by molar-refractivity contribution is 0.0151. The lowest BCUT2D eigenvalue weighted by Gasteiger charge is -2.07. The predicted molar refractivity (Wildman–Crippen MR) is 74.1 cm³/mol. The first-order chi connectivity index (χ1) is 9.80. The maximum Gasteiger partial charge on any atom is 0.261 e. The minimum atomic E-state index is -3.43. The number of rotatable bonds is 6. The monoisotopic (exact) mass is 319 g/mol. The van der Waals surface area contributed by atoms with Crippen LogP contribution in [0.25, 0.3) is 11.0 Å². The second-order valence-electron chi connectivity index (χ2n) is 4.48. The van der Waals surface area contributed by atoms with E-state index >= 15 is 0 Å². The molecule has 9 heteroatoms. The van der Waals surface area contributed by atoms with E-state index in [0.717, 1.165) is 6.26 Å². The standard InChI is InChI=1S/C12H15F2N3O3S/c1-21(18,19)9-4-2-3-8-11(9)16-12(15)17(8)5-6-20-7-10(13)14/h2-4,10H,5-7H2,1H3,(H2,15,16). The molecule has 21 heavy (non-hydrogen) atoms. The van der Waals surface area contributed by atoms with Gasteiger partial charge in [0, 0.05) is 12.8 Å². The van der Waals surface area contributed by atoms with Crippen molar-refractivity contribution in [3.05, 3.63) is 18.2 Å². The summed E-state index contributed by atoms with van der Waals surface area (Å²) < 4.78 is 53.7.